The molecule has 0 N–H and O–H groups in total. The highest BCUT2D eigenvalue weighted by molar-refractivity contribution is 5.37. The van der Waals surface area contributed by atoms with Crippen molar-refractivity contribution in [1.82, 2.24) is 0 Å². The van der Waals surface area contributed by atoms with Crippen molar-refractivity contribution in [2.24, 2.45) is 0 Å². The number of hydrogen-bond donors (Lipinski definition) is 0. The van der Waals surface area contributed by atoms with Crippen LogP contribution >= 0.6 is 0 Å². The Hall–Kier alpha value is -4.56. The van der Waals surface area contributed by atoms with Crippen molar-refractivity contribution in [1.29, 1.82) is 0 Å². The monoisotopic (exact) mass is 626 g/mol. The summed E-state index contributed by atoms with van der Waals surface area (Å²) in [4.78, 5) is 0. The lowest BCUT2D eigenvalue weighted by Gasteiger charge is -2.22. The Labute approximate surface area is 233 Å². The fraction of sp³-hybridized carbons (Fsp3) is 0.143. The molecule has 0 amide bonds. The van der Waals surface area contributed by atoms with Crippen LogP contribution in [0.3, 0.4) is 0 Å². The van der Waals surface area contributed by atoms with Gasteiger partial charge in [0.2, 0.25) is 0 Å². The van der Waals surface area contributed by atoms with Gasteiger partial charge in [-0.3, -0.25) is 0 Å². The Kier molecular flexibility index (Phi) is 8.22. The predicted molar refractivity (Wildman–Crippen MR) is 124 cm³/mol. The molecule has 0 aliphatic carbocycles. The SMILES string of the molecule is Cc1ccc(C(F)(F)Oc2ccc(C(F)(F)Oc3ccc(OC(F)(F)c4cc(F)c(F)c(F)c4)c(F)c3)c(F)c2)c(F)c1. The Balaban J connectivity index is 1.50. The van der Waals surface area contributed by atoms with E-state index in [4.69, 9.17) is 0 Å². The van der Waals surface area contributed by atoms with Gasteiger partial charge in [-0.1, -0.05) is 6.07 Å². The molecule has 0 radical (unpaired) electrons. The molecule has 4 aromatic rings. The highest BCUT2D eigenvalue weighted by Gasteiger charge is 2.41. The van der Waals surface area contributed by atoms with Gasteiger partial charge in [0, 0.05) is 12.1 Å². The number of ether oxygens (including phenoxy) is 3. The van der Waals surface area contributed by atoms with Gasteiger partial charge in [-0.2, -0.15) is 26.3 Å². The highest BCUT2D eigenvalue weighted by Crippen LogP contribution is 2.40. The van der Waals surface area contributed by atoms with Crippen LogP contribution in [0.1, 0.15) is 22.3 Å². The predicted octanol–water partition coefficient (Wildman–Crippen LogP) is 9.21. The van der Waals surface area contributed by atoms with E-state index in [9.17, 15) is 52.7 Å². The first-order valence-electron chi connectivity index (χ1n) is 11.6. The fourth-order valence-corrected chi connectivity index (χ4v) is 3.61. The number of benzene rings is 4. The van der Waals surface area contributed by atoms with E-state index in [0.717, 1.165) is 18.2 Å². The number of rotatable bonds is 9. The standard InChI is InChI=1S/C28H14F12O3/c1-13-2-5-17(19(29)8-13)27(37,38)41-15-3-6-18(20(30)11-15)28(39,40)42-16-4-7-24(21(31)12-16)43-26(35,36)14-9-22(32)25(34)23(33)10-14/h2-12H,1H3. The topological polar surface area (TPSA) is 27.7 Å². The third-order valence-electron chi connectivity index (χ3n) is 5.65. The van der Waals surface area contributed by atoms with Crippen LogP contribution in [0, 0.1) is 41.8 Å². The molecule has 0 saturated carbocycles. The summed E-state index contributed by atoms with van der Waals surface area (Å²) in [6.07, 6.45) is -13.6. The second kappa shape index (κ2) is 11.3. The van der Waals surface area contributed by atoms with Crippen molar-refractivity contribution >= 4 is 0 Å². The lowest BCUT2D eigenvalue weighted by atomic mass is 10.1. The van der Waals surface area contributed by atoms with E-state index < -0.39 is 87.2 Å². The third kappa shape index (κ3) is 6.75. The molecule has 0 aliphatic rings. The van der Waals surface area contributed by atoms with Gasteiger partial charge in [0.05, 0.1) is 11.1 Å². The first-order chi connectivity index (χ1) is 19.9. The van der Waals surface area contributed by atoms with E-state index in [1.807, 2.05) is 0 Å². The van der Waals surface area contributed by atoms with Crippen molar-refractivity contribution in [3.63, 3.8) is 0 Å². The normalized spacial score (nSPS) is 12.3. The zero-order valence-electron chi connectivity index (χ0n) is 21.1. The minimum absolute atomic E-state index is 0.110. The van der Waals surface area contributed by atoms with Gasteiger partial charge in [-0.25, -0.2) is 26.3 Å². The molecular weight excluding hydrogens is 612 g/mol. The lowest BCUT2D eigenvalue weighted by molar-refractivity contribution is -0.191. The molecule has 228 valence electrons. The van der Waals surface area contributed by atoms with Crippen LogP contribution in [-0.4, -0.2) is 0 Å². The summed E-state index contributed by atoms with van der Waals surface area (Å²) in [6.45, 7) is 1.43. The number of alkyl halides is 6. The van der Waals surface area contributed by atoms with Gasteiger partial charge >= 0.3 is 18.3 Å². The molecule has 43 heavy (non-hydrogen) atoms. The average molecular weight is 626 g/mol. The molecule has 0 saturated heterocycles. The van der Waals surface area contributed by atoms with Gasteiger partial charge in [-0.05, 0) is 61.0 Å². The van der Waals surface area contributed by atoms with Crippen LogP contribution in [0.25, 0.3) is 0 Å². The zero-order valence-corrected chi connectivity index (χ0v) is 21.1. The van der Waals surface area contributed by atoms with E-state index in [1.165, 1.54) is 6.92 Å². The van der Waals surface area contributed by atoms with Gasteiger partial charge in [0.1, 0.15) is 28.7 Å². The molecule has 0 aliphatic heterocycles. The van der Waals surface area contributed by atoms with Crippen molar-refractivity contribution in [2.75, 3.05) is 0 Å². The molecule has 4 rings (SSSR count). The van der Waals surface area contributed by atoms with E-state index in [-0.39, 0.29) is 24.3 Å². The summed E-state index contributed by atoms with van der Waals surface area (Å²) < 4.78 is 182. The fourth-order valence-electron chi connectivity index (χ4n) is 3.61. The molecule has 0 unspecified atom stereocenters. The summed E-state index contributed by atoms with van der Waals surface area (Å²) in [6, 6.07) is 4.33. The van der Waals surface area contributed by atoms with Gasteiger partial charge < -0.3 is 14.2 Å². The molecule has 0 fully saturated rings. The van der Waals surface area contributed by atoms with Crippen molar-refractivity contribution < 1.29 is 66.9 Å². The summed E-state index contributed by atoms with van der Waals surface area (Å²) >= 11 is 0. The summed E-state index contributed by atoms with van der Waals surface area (Å²) in [5, 5.41) is 0. The van der Waals surface area contributed by atoms with E-state index in [2.05, 4.69) is 14.2 Å². The van der Waals surface area contributed by atoms with Crippen LogP contribution in [0.4, 0.5) is 52.7 Å². The molecule has 0 bridgehead atoms. The second-order valence-corrected chi connectivity index (χ2v) is 8.83. The summed E-state index contributed by atoms with van der Waals surface area (Å²) in [7, 11) is 0. The third-order valence-corrected chi connectivity index (χ3v) is 5.65. The molecule has 0 atom stereocenters. The quantitative estimate of drug-likeness (QED) is 0.137. The van der Waals surface area contributed by atoms with E-state index in [1.54, 1.807) is 0 Å². The van der Waals surface area contributed by atoms with Crippen molar-refractivity contribution in [2.45, 2.75) is 25.2 Å². The van der Waals surface area contributed by atoms with E-state index in [0.29, 0.717) is 29.8 Å². The Morgan fingerprint density at radius 3 is 1.42 bits per heavy atom. The second-order valence-electron chi connectivity index (χ2n) is 8.83. The van der Waals surface area contributed by atoms with Crippen molar-refractivity contribution in [3.8, 4) is 17.2 Å². The molecule has 0 aromatic heterocycles. The van der Waals surface area contributed by atoms with Gasteiger partial charge in [0.15, 0.2) is 29.0 Å². The smallest absolute Gasteiger partial charge is 0.429 e. The molecule has 0 spiro atoms. The van der Waals surface area contributed by atoms with Gasteiger partial charge in [-0.15, -0.1) is 0 Å². The van der Waals surface area contributed by atoms with Crippen LogP contribution in [0.15, 0.2) is 66.7 Å². The van der Waals surface area contributed by atoms with Crippen LogP contribution in [0.2, 0.25) is 0 Å². The summed E-state index contributed by atoms with van der Waals surface area (Å²) in [5.74, 6) is -14.3. The molecule has 3 nitrogen and oxygen atoms in total. The number of aryl methyl sites for hydroxylation is 1. The first-order valence-corrected chi connectivity index (χ1v) is 11.6. The Morgan fingerprint density at radius 1 is 0.465 bits per heavy atom. The van der Waals surface area contributed by atoms with Crippen LogP contribution in [0.5, 0.6) is 17.2 Å². The van der Waals surface area contributed by atoms with E-state index >= 15 is 0 Å². The maximum Gasteiger partial charge on any atom is 0.429 e. The maximum atomic E-state index is 14.7. The number of halogens is 12. The lowest BCUT2D eigenvalue weighted by Crippen LogP contribution is -2.25. The minimum atomic E-state index is -4.63. The first kappa shape index (κ1) is 31.4. The molecule has 0 heterocycles. The Bertz CT molecular complexity index is 1650. The zero-order chi connectivity index (χ0) is 31.9. The van der Waals surface area contributed by atoms with Crippen LogP contribution in [-0.2, 0) is 18.3 Å². The highest BCUT2D eigenvalue weighted by atomic mass is 19.3. The molecule has 15 heteroatoms. The summed E-state index contributed by atoms with van der Waals surface area (Å²) in [5.41, 5.74) is -3.98. The maximum absolute atomic E-state index is 14.7. The molecular formula is C28H14F12O3. The Morgan fingerprint density at radius 2 is 0.930 bits per heavy atom. The average Bonchev–Trinajstić information content (AvgIpc) is 2.87. The molecule has 4 aromatic carbocycles. The number of hydrogen-bond acceptors (Lipinski definition) is 3. The van der Waals surface area contributed by atoms with Gasteiger partial charge in [0.25, 0.3) is 0 Å². The van der Waals surface area contributed by atoms with Crippen LogP contribution < -0.4 is 14.2 Å². The largest absolute Gasteiger partial charge is 0.429 e. The minimum Gasteiger partial charge on any atom is -0.429 e. The van der Waals surface area contributed by atoms with Crippen molar-refractivity contribution in [3.05, 3.63) is 124 Å².